The molecule has 7 heteroatoms. The predicted octanol–water partition coefficient (Wildman–Crippen LogP) is 3.49. The summed E-state index contributed by atoms with van der Waals surface area (Å²) in [5.41, 5.74) is 3.25. The first-order chi connectivity index (χ1) is 15.6. The van der Waals surface area contributed by atoms with Crippen molar-refractivity contribution < 1.29 is 9.53 Å². The van der Waals surface area contributed by atoms with E-state index < -0.39 is 0 Å². The maximum atomic E-state index is 12.8. The summed E-state index contributed by atoms with van der Waals surface area (Å²) in [6, 6.07) is 10.4. The van der Waals surface area contributed by atoms with Crippen LogP contribution in [0.25, 0.3) is 10.9 Å². The molecule has 1 spiro atoms. The quantitative estimate of drug-likeness (QED) is 0.667. The van der Waals surface area contributed by atoms with E-state index in [1.54, 1.807) is 6.33 Å². The van der Waals surface area contributed by atoms with Crippen LogP contribution in [0.15, 0.2) is 42.9 Å². The summed E-state index contributed by atoms with van der Waals surface area (Å²) in [6.07, 6.45) is 7.85. The van der Waals surface area contributed by atoms with Crippen LogP contribution >= 0.6 is 0 Å². The minimum absolute atomic E-state index is 0.183. The van der Waals surface area contributed by atoms with Crippen molar-refractivity contribution in [1.82, 2.24) is 19.9 Å². The number of para-hydroxylation sites is 1. The Hall–Kier alpha value is -2.93. The first-order valence-corrected chi connectivity index (χ1v) is 11.6. The molecule has 2 aliphatic heterocycles. The Morgan fingerprint density at radius 3 is 2.88 bits per heavy atom. The van der Waals surface area contributed by atoms with Crippen LogP contribution in [-0.2, 0) is 16.0 Å². The fourth-order valence-electron chi connectivity index (χ4n) is 5.05. The molecule has 0 atom stereocenters. The number of rotatable bonds is 5. The molecule has 5 rings (SSSR count). The molecule has 2 fully saturated rings. The SMILES string of the molecule is Cc1cc(N2CCOC3(CCN(C(=O)CCCc4c[nH]c5ccccc45)CC3)C2)ncn1. The van der Waals surface area contributed by atoms with Gasteiger partial charge in [0.25, 0.3) is 0 Å². The maximum absolute atomic E-state index is 12.8. The number of benzene rings is 1. The highest BCUT2D eigenvalue weighted by Gasteiger charge is 2.40. The highest BCUT2D eigenvalue weighted by molar-refractivity contribution is 5.83. The number of anilines is 1. The molecule has 0 bridgehead atoms. The minimum Gasteiger partial charge on any atom is -0.371 e. The van der Waals surface area contributed by atoms with E-state index in [2.05, 4.69) is 44.2 Å². The van der Waals surface area contributed by atoms with Gasteiger partial charge in [0.2, 0.25) is 5.91 Å². The summed E-state index contributed by atoms with van der Waals surface area (Å²) >= 11 is 0. The second-order valence-electron chi connectivity index (χ2n) is 9.06. The zero-order chi connectivity index (χ0) is 22.0. The second-order valence-corrected chi connectivity index (χ2v) is 9.06. The third-order valence-corrected chi connectivity index (χ3v) is 6.90. The predicted molar refractivity (Wildman–Crippen MR) is 125 cm³/mol. The van der Waals surface area contributed by atoms with Crippen molar-refractivity contribution in [2.24, 2.45) is 0 Å². The number of morpholine rings is 1. The first kappa shape index (κ1) is 20.9. The van der Waals surface area contributed by atoms with Gasteiger partial charge in [0, 0.05) is 61.5 Å². The van der Waals surface area contributed by atoms with Gasteiger partial charge in [-0.25, -0.2) is 9.97 Å². The van der Waals surface area contributed by atoms with Crippen LogP contribution in [-0.4, -0.2) is 64.1 Å². The standard InChI is InChI=1S/C25H31N5O2/c1-19-15-23(28-18-27-19)30-13-14-32-25(17-30)9-11-29(12-10-25)24(31)8-4-5-20-16-26-22-7-3-2-6-21(20)22/h2-3,6-7,15-16,18,26H,4-5,8-14,17H2,1H3. The molecule has 3 aromatic rings. The van der Waals surface area contributed by atoms with Crippen molar-refractivity contribution in [3.05, 3.63) is 54.1 Å². The molecule has 0 saturated carbocycles. The number of nitrogens with one attached hydrogen (secondary N) is 1. The first-order valence-electron chi connectivity index (χ1n) is 11.6. The third-order valence-electron chi connectivity index (χ3n) is 6.90. The topological polar surface area (TPSA) is 74.3 Å². The summed E-state index contributed by atoms with van der Waals surface area (Å²) in [6.45, 7) is 5.89. The highest BCUT2D eigenvalue weighted by atomic mass is 16.5. The largest absolute Gasteiger partial charge is 0.371 e. The van der Waals surface area contributed by atoms with Crippen molar-refractivity contribution >= 4 is 22.6 Å². The summed E-state index contributed by atoms with van der Waals surface area (Å²) in [5.74, 6) is 1.23. The molecule has 1 N–H and O–H groups in total. The molecule has 4 heterocycles. The Balaban J connectivity index is 1.12. The molecular weight excluding hydrogens is 402 g/mol. The van der Waals surface area contributed by atoms with E-state index in [-0.39, 0.29) is 11.5 Å². The maximum Gasteiger partial charge on any atom is 0.222 e. The van der Waals surface area contributed by atoms with Crippen molar-refractivity contribution in [3.8, 4) is 0 Å². The lowest BCUT2D eigenvalue weighted by Crippen LogP contribution is -2.57. The van der Waals surface area contributed by atoms with Crippen molar-refractivity contribution in [2.75, 3.05) is 37.7 Å². The monoisotopic (exact) mass is 433 g/mol. The minimum atomic E-state index is -0.183. The Morgan fingerprint density at radius 2 is 2.03 bits per heavy atom. The molecule has 32 heavy (non-hydrogen) atoms. The molecule has 0 radical (unpaired) electrons. The second kappa shape index (κ2) is 8.90. The number of carbonyl (C=O) groups excluding carboxylic acids is 1. The average molecular weight is 434 g/mol. The smallest absolute Gasteiger partial charge is 0.222 e. The Morgan fingerprint density at radius 1 is 1.19 bits per heavy atom. The van der Waals surface area contributed by atoms with Crippen LogP contribution < -0.4 is 4.90 Å². The fourth-order valence-corrected chi connectivity index (χ4v) is 5.05. The summed E-state index contributed by atoms with van der Waals surface area (Å²) in [4.78, 5) is 29.1. The molecule has 168 valence electrons. The number of aryl methyl sites for hydroxylation is 2. The Bertz CT molecular complexity index is 1090. The average Bonchev–Trinajstić information content (AvgIpc) is 3.23. The number of amides is 1. The zero-order valence-electron chi connectivity index (χ0n) is 18.7. The number of ether oxygens (including phenoxy) is 1. The van der Waals surface area contributed by atoms with E-state index in [9.17, 15) is 4.79 Å². The number of piperidine rings is 1. The van der Waals surface area contributed by atoms with E-state index in [1.165, 1.54) is 10.9 Å². The number of hydrogen-bond donors (Lipinski definition) is 1. The van der Waals surface area contributed by atoms with Gasteiger partial charge in [-0.15, -0.1) is 0 Å². The number of aromatic nitrogens is 3. The van der Waals surface area contributed by atoms with Crippen LogP contribution in [0.3, 0.4) is 0 Å². The fraction of sp³-hybridized carbons (Fsp3) is 0.480. The summed E-state index contributed by atoms with van der Waals surface area (Å²) in [5, 5.41) is 1.26. The van der Waals surface area contributed by atoms with Gasteiger partial charge in [-0.3, -0.25) is 4.79 Å². The van der Waals surface area contributed by atoms with Crippen LogP contribution in [0.5, 0.6) is 0 Å². The van der Waals surface area contributed by atoms with Gasteiger partial charge in [0.1, 0.15) is 12.1 Å². The number of hydrogen-bond acceptors (Lipinski definition) is 5. The Kier molecular flexibility index (Phi) is 5.83. The number of H-pyrrole nitrogens is 1. The van der Waals surface area contributed by atoms with Gasteiger partial charge in [-0.1, -0.05) is 18.2 Å². The normalized spacial score (nSPS) is 18.4. The van der Waals surface area contributed by atoms with Crippen molar-refractivity contribution in [2.45, 2.75) is 44.6 Å². The van der Waals surface area contributed by atoms with Gasteiger partial charge >= 0.3 is 0 Å². The molecule has 1 aromatic carbocycles. The molecule has 7 nitrogen and oxygen atoms in total. The van der Waals surface area contributed by atoms with Crippen LogP contribution in [0.2, 0.25) is 0 Å². The summed E-state index contributed by atoms with van der Waals surface area (Å²) in [7, 11) is 0. The highest BCUT2D eigenvalue weighted by Crippen LogP contribution is 2.32. The van der Waals surface area contributed by atoms with Crippen molar-refractivity contribution in [3.63, 3.8) is 0 Å². The Labute approximate surface area is 188 Å². The lowest BCUT2D eigenvalue weighted by atomic mass is 9.89. The van der Waals surface area contributed by atoms with Gasteiger partial charge in [-0.05, 0) is 44.2 Å². The molecule has 2 aromatic heterocycles. The van der Waals surface area contributed by atoms with Gasteiger partial charge in [-0.2, -0.15) is 0 Å². The van der Waals surface area contributed by atoms with Gasteiger partial charge in [0.15, 0.2) is 0 Å². The lowest BCUT2D eigenvalue weighted by Gasteiger charge is -2.47. The van der Waals surface area contributed by atoms with E-state index in [1.807, 2.05) is 24.0 Å². The van der Waals surface area contributed by atoms with E-state index >= 15 is 0 Å². The zero-order valence-corrected chi connectivity index (χ0v) is 18.7. The van der Waals surface area contributed by atoms with Crippen LogP contribution in [0.1, 0.15) is 36.9 Å². The van der Waals surface area contributed by atoms with E-state index in [4.69, 9.17) is 4.74 Å². The molecular formula is C25H31N5O2. The number of fused-ring (bicyclic) bond motifs is 1. The van der Waals surface area contributed by atoms with E-state index in [0.29, 0.717) is 13.0 Å². The van der Waals surface area contributed by atoms with Crippen LogP contribution in [0.4, 0.5) is 5.82 Å². The van der Waals surface area contributed by atoms with Crippen molar-refractivity contribution in [1.29, 1.82) is 0 Å². The number of likely N-dealkylation sites (tertiary alicyclic amines) is 1. The van der Waals surface area contributed by atoms with Crippen LogP contribution in [0, 0.1) is 6.92 Å². The number of nitrogens with zero attached hydrogens (tertiary/aromatic N) is 4. The van der Waals surface area contributed by atoms with E-state index in [0.717, 1.165) is 68.9 Å². The molecule has 2 aliphatic rings. The molecule has 2 saturated heterocycles. The summed E-state index contributed by atoms with van der Waals surface area (Å²) < 4.78 is 6.26. The number of carbonyl (C=O) groups is 1. The number of aromatic amines is 1. The van der Waals surface area contributed by atoms with Gasteiger partial charge in [0.05, 0.1) is 12.2 Å². The molecule has 0 unspecified atom stereocenters. The van der Waals surface area contributed by atoms with Gasteiger partial charge < -0.3 is 19.5 Å². The third kappa shape index (κ3) is 4.35. The molecule has 0 aliphatic carbocycles. The lowest BCUT2D eigenvalue weighted by molar-refractivity contribution is -0.139. The molecule has 1 amide bonds.